The maximum atomic E-state index is 12.9. The Bertz CT molecular complexity index is 968. The van der Waals surface area contributed by atoms with Crippen LogP contribution in [0.3, 0.4) is 0 Å². The first kappa shape index (κ1) is 16.4. The average Bonchev–Trinajstić information content (AvgIpc) is 3.07. The first-order valence-corrected chi connectivity index (χ1v) is 7.73. The quantitative estimate of drug-likeness (QED) is 0.762. The summed E-state index contributed by atoms with van der Waals surface area (Å²) in [6.45, 7) is 0.247. The molecule has 1 N–H and O–H groups in total. The van der Waals surface area contributed by atoms with Gasteiger partial charge in [0.1, 0.15) is 6.04 Å². The van der Waals surface area contributed by atoms with Gasteiger partial charge in [0.05, 0.1) is 34.4 Å². The SMILES string of the molecule is O=C1c2cn(-c3cccnc3)nc2CNC1c1cc(C(F)(F)F)ccn1. The summed E-state index contributed by atoms with van der Waals surface area (Å²) in [5, 5.41) is 7.26. The number of halogens is 3. The van der Waals surface area contributed by atoms with E-state index in [9.17, 15) is 18.0 Å². The van der Waals surface area contributed by atoms with E-state index in [1.807, 2.05) is 0 Å². The summed E-state index contributed by atoms with van der Waals surface area (Å²) in [6, 6.07) is 4.35. The Morgan fingerprint density at radius 2 is 2.08 bits per heavy atom. The topological polar surface area (TPSA) is 72.7 Å². The van der Waals surface area contributed by atoms with E-state index in [1.165, 1.54) is 4.68 Å². The molecule has 0 fully saturated rings. The lowest BCUT2D eigenvalue weighted by Crippen LogP contribution is -2.34. The normalized spacial score (nSPS) is 17.2. The van der Waals surface area contributed by atoms with Crippen molar-refractivity contribution in [2.45, 2.75) is 18.8 Å². The van der Waals surface area contributed by atoms with Gasteiger partial charge in [-0.05, 0) is 24.3 Å². The number of carbonyl (C=O) groups is 1. The molecule has 3 aromatic heterocycles. The van der Waals surface area contributed by atoms with Crippen molar-refractivity contribution in [2.75, 3.05) is 0 Å². The minimum atomic E-state index is -4.49. The van der Waals surface area contributed by atoms with Gasteiger partial charge >= 0.3 is 6.18 Å². The molecule has 0 aliphatic carbocycles. The van der Waals surface area contributed by atoms with Gasteiger partial charge in [-0.1, -0.05) is 0 Å². The van der Waals surface area contributed by atoms with Crippen LogP contribution in [0.25, 0.3) is 5.69 Å². The molecular formula is C17H12F3N5O. The molecular weight excluding hydrogens is 347 g/mol. The third-order valence-corrected chi connectivity index (χ3v) is 4.11. The van der Waals surface area contributed by atoms with E-state index < -0.39 is 17.8 Å². The fourth-order valence-corrected chi connectivity index (χ4v) is 2.84. The van der Waals surface area contributed by atoms with Gasteiger partial charge in [0.15, 0.2) is 5.78 Å². The van der Waals surface area contributed by atoms with Gasteiger partial charge in [0.25, 0.3) is 0 Å². The van der Waals surface area contributed by atoms with Crippen LogP contribution >= 0.6 is 0 Å². The minimum absolute atomic E-state index is 0.0320. The Morgan fingerprint density at radius 3 is 2.81 bits per heavy atom. The Balaban J connectivity index is 1.68. The van der Waals surface area contributed by atoms with E-state index in [0.29, 0.717) is 16.9 Å². The Labute approximate surface area is 145 Å². The van der Waals surface area contributed by atoms with E-state index in [4.69, 9.17) is 0 Å². The van der Waals surface area contributed by atoms with Crippen LogP contribution in [-0.4, -0.2) is 25.5 Å². The predicted octanol–water partition coefficient (Wildman–Crippen LogP) is 2.71. The number of hydrogen-bond acceptors (Lipinski definition) is 5. The van der Waals surface area contributed by atoms with Crippen LogP contribution in [0.1, 0.15) is 33.4 Å². The molecule has 132 valence electrons. The van der Waals surface area contributed by atoms with E-state index in [1.54, 1.807) is 30.7 Å². The summed E-state index contributed by atoms with van der Waals surface area (Å²) < 4.78 is 40.3. The van der Waals surface area contributed by atoms with Crippen LogP contribution in [0.15, 0.2) is 49.1 Å². The van der Waals surface area contributed by atoms with Crippen molar-refractivity contribution in [1.82, 2.24) is 25.1 Å². The monoisotopic (exact) mass is 359 g/mol. The Morgan fingerprint density at radius 1 is 1.23 bits per heavy atom. The summed E-state index contributed by atoms with van der Waals surface area (Å²) >= 11 is 0. The second-order valence-electron chi connectivity index (χ2n) is 5.79. The zero-order valence-electron chi connectivity index (χ0n) is 13.2. The standard InChI is InChI=1S/C17H12F3N5O/c18-17(19,20)10-3-5-22-13(6-10)15-16(26)12-9-25(24-14(12)8-23-15)11-2-1-4-21-7-11/h1-7,9,15,23H,8H2. The summed E-state index contributed by atoms with van der Waals surface area (Å²) in [5.74, 6) is -0.367. The number of ketones is 1. The molecule has 9 heteroatoms. The van der Waals surface area contributed by atoms with Crippen LogP contribution in [0.5, 0.6) is 0 Å². The molecule has 3 aromatic rings. The average molecular weight is 359 g/mol. The van der Waals surface area contributed by atoms with Crippen LogP contribution in [0.2, 0.25) is 0 Å². The smallest absolute Gasteiger partial charge is 0.296 e. The summed E-state index contributed by atoms with van der Waals surface area (Å²) in [4.78, 5) is 20.7. The van der Waals surface area contributed by atoms with Crippen LogP contribution in [-0.2, 0) is 12.7 Å². The van der Waals surface area contributed by atoms with Crippen molar-refractivity contribution < 1.29 is 18.0 Å². The highest BCUT2D eigenvalue weighted by Gasteiger charge is 2.35. The van der Waals surface area contributed by atoms with Crippen molar-refractivity contribution >= 4 is 5.78 Å². The van der Waals surface area contributed by atoms with Gasteiger partial charge in [-0.3, -0.25) is 20.1 Å². The lowest BCUT2D eigenvalue weighted by molar-refractivity contribution is -0.137. The van der Waals surface area contributed by atoms with E-state index in [0.717, 1.165) is 18.3 Å². The highest BCUT2D eigenvalue weighted by molar-refractivity contribution is 6.02. The first-order chi connectivity index (χ1) is 12.4. The number of nitrogens with zero attached hydrogens (tertiary/aromatic N) is 4. The molecule has 1 unspecified atom stereocenters. The second kappa shape index (κ2) is 6.03. The van der Waals surface area contributed by atoms with Crippen LogP contribution in [0.4, 0.5) is 13.2 Å². The molecule has 26 heavy (non-hydrogen) atoms. The maximum absolute atomic E-state index is 12.9. The van der Waals surface area contributed by atoms with Crippen LogP contribution in [0, 0.1) is 0 Å². The van der Waals surface area contributed by atoms with E-state index >= 15 is 0 Å². The summed E-state index contributed by atoms with van der Waals surface area (Å²) in [6.07, 6.45) is 1.35. The van der Waals surface area contributed by atoms with E-state index in [-0.39, 0.29) is 18.0 Å². The van der Waals surface area contributed by atoms with Gasteiger partial charge in [0.2, 0.25) is 0 Å². The van der Waals surface area contributed by atoms with Gasteiger partial charge in [-0.2, -0.15) is 18.3 Å². The maximum Gasteiger partial charge on any atom is 0.416 e. The number of carbonyl (C=O) groups excluding carboxylic acids is 1. The number of aromatic nitrogens is 4. The third kappa shape index (κ3) is 2.86. The lowest BCUT2D eigenvalue weighted by Gasteiger charge is -2.21. The van der Waals surface area contributed by atoms with Crippen molar-refractivity contribution in [1.29, 1.82) is 0 Å². The molecule has 0 aromatic carbocycles. The molecule has 1 atom stereocenters. The molecule has 0 radical (unpaired) electrons. The van der Waals surface area contributed by atoms with Gasteiger partial charge < -0.3 is 0 Å². The number of Topliss-reactive ketones (excluding diaryl/α,β-unsaturated/α-hetero) is 1. The summed E-state index contributed by atoms with van der Waals surface area (Å²) in [7, 11) is 0. The third-order valence-electron chi connectivity index (χ3n) is 4.11. The van der Waals surface area contributed by atoms with E-state index in [2.05, 4.69) is 20.4 Å². The fraction of sp³-hybridized carbons (Fsp3) is 0.176. The molecule has 0 saturated carbocycles. The van der Waals surface area contributed by atoms with Crippen molar-refractivity contribution in [3.05, 3.63) is 71.6 Å². The molecule has 6 nitrogen and oxygen atoms in total. The number of nitrogens with one attached hydrogen (secondary N) is 1. The number of hydrogen-bond donors (Lipinski definition) is 1. The molecule has 0 spiro atoms. The highest BCUT2D eigenvalue weighted by Crippen LogP contribution is 2.31. The van der Waals surface area contributed by atoms with Crippen molar-refractivity contribution in [3.63, 3.8) is 0 Å². The zero-order valence-corrected chi connectivity index (χ0v) is 13.2. The number of fused-ring (bicyclic) bond motifs is 1. The molecule has 0 amide bonds. The molecule has 4 rings (SSSR count). The van der Waals surface area contributed by atoms with Gasteiger partial charge in [-0.25, -0.2) is 4.68 Å². The number of alkyl halides is 3. The summed E-state index contributed by atoms with van der Waals surface area (Å²) in [5.41, 5.74) is 0.765. The van der Waals surface area contributed by atoms with Crippen LogP contribution < -0.4 is 5.32 Å². The molecule has 0 bridgehead atoms. The molecule has 1 aliphatic heterocycles. The Hall–Kier alpha value is -3.07. The van der Waals surface area contributed by atoms with Gasteiger partial charge in [-0.15, -0.1) is 0 Å². The highest BCUT2D eigenvalue weighted by atomic mass is 19.4. The largest absolute Gasteiger partial charge is 0.416 e. The fourth-order valence-electron chi connectivity index (χ4n) is 2.84. The number of rotatable bonds is 2. The van der Waals surface area contributed by atoms with Gasteiger partial charge in [0, 0.05) is 25.1 Å². The molecule has 0 saturated heterocycles. The lowest BCUT2D eigenvalue weighted by atomic mass is 9.97. The zero-order chi connectivity index (χ0) is 18.3. The van der Waals surface area contributed by atoms with Crippen molar-refractivity contribution in [2.24, 2.45) is 0 Å². The van der Waals surface area contributed by atoms with Crippen molar-refractivity contribution in [3.8, 4) is 5.69 Å². The molecule has 4 heterocycles. The second-order valence-corrected chi connectivity index (χ2v) is 5.79. The Kier molecular flexibility index (Phi) is 3.80. The predicted molar refractivity (Wildman–Crippen MR) is 84.5 cm³/mol. The molecule has 1 aliphatic rings. The minimum Gasteiger partial charge on any atom is -0.296 e. The number of pyridine rings is 2. The first-order valence-electron chi connectivity index (χ1n) is 7.73.